The van der Waals surface area contributed by atoms with Crippen molar-refractivity contribution < 1.29 is 14.3 Å². The van der Waals surface area contributed by atoms with Crippen molar-refractivity contribution >= 4 is 35.8 Å². The number of guanidine groups is 1. The molecule has 0 bridgehead atoms. The number of halogens is 1. The third kappa shape index (κ3) is 8.57. The molecule has 0 spiro atoms. The first kappa shape index (κ1) is 26.3. The summed E-state index contributed by atoms with van der Waals surface area (Å²) in [5, 5.41) is 6.81. The molecule has 2 rings (SSSR count). The molecule has 2 N–H and O–H groups in total. The van der Waals surface area contributed by atoms with Crippen LogP contribution in [-0.2, 0) is 4.79 Å². The van der Waals surface area contributed by atoms with Gasteiger partial charge in [-0.1, -0.05) is 13.8 Å². The quantitative estimate of drug-likeness (QED) is 0.306. The van der Waals surface area contributed by atoms with Gasteiger partial charge in [-0.2, -0.15) is 0 Å². The van der Waals surface area contributed by atoms with Crippen molar-refractivity contribution in [2.24, 2.45) is 10.9 Å². The van der Waals surface area contributed by atoms with Crippen LogP contribution >= 0.6 is 24.0 Å². The molecule has 0 aromatic heterocycles. The summed E-state index contributed by atoms with van der Waals surface area (Å²) in [6.45, 7) is 10.9. The molecule has 7 nitrogen and oxygen atoms in total. The second-order valence-electron chi connectivity index (χ2n) is 7.72. The van der Waals surface area contributed by atoms with Crippen LogP contribution in [0.15, 0.2) is 29.3 Å². The van der Waals surface area contributed by atoms with E-state index in [1.165, 1.54) is 0 Å². The normalized spacial score (nSPS) is 15.9. The van der Waals surface area contributed by atoms with Crippen molar-refractivity contribution in [1.82, 2.24) is 15.5 Å². The second-order valence-corrected chi connectivity index (χ2v) is 7.72. The Kier molecular flexibility index (Phi) is 11.9. The number of likely N-dealkylation sites (tertiary alicyclic amines) is 1. The molecule has 1 unspecified atom stereocenters. The highest BCUT2D eigenvalue weighted by molar-refractivity contribution is 14.0. The minimum absolute atomic E-state index is 0. The molecule has 1 aromatic carbocycles. The fourth-order valence-electron chi connectivity index (χ4n) is 3.27. The Morgan fingerprint density at radius 1 is 1.17 bits per heavy atom. The number of nitrogens with zero attached hydrogens (tertiary/aromatic N) is 2. The van der Waals surface area contributed by atoms with Gasteiger partial charge in [0.05, 0.1) is 13.7 Å². The Balaban J connectivity index is 0.00000450. The molecule has 1 saturated heterocycles. The second kappa shape index (κ2) is 13.6. The maximum Gasteiger partial charge on any atom is 0.225 e. The number of carbonyl (C=O) groups is 1. The fraction of sp³-hybridized carbons (Fsp3) is 0.636. The molecule has 30 heavy (non-hydrogen) atoms. The zero-order valence-electron chi connectivity index (χ0n) is 18.8. The summed E-state index contributed by atoms with van der Waals surface area (Å²) in [5.41, 5.74) is 0. The number of benzene rings is 1. The Morgan fingerprint density at radius 3 is 2.30 bits per heavy atom. The molecule has 1 fully saturated rings. The van der Waals surface area contributed by atoms with E-state index < -0.39 is 0 Å². The van der Waals surface area contributed by atoms with Gasteiger partial charge in [0.15, 0.2) is 5.96 Å². The standard InChI is InChI=1S/C22H36N4O3.HI/c1-6-23-22(25-18-11-13-26(14-12-18)21(27)16(2)3)24-15-17(4)29-20-9-7-19(28-5)8-10-20;/h7-10,16-18H,6,11-15H2,1-5H3,(H2,23,24,25);1H. The van der Waals surface area contributed by atoms with Crippen LogP contribution in [0.1, 0.15) is 40.5 Å². The molecule has 1 atom stereocenters. The monoisotopic (exact) mass is 532 g/mol. The van der Waals surface area contributed by atoms with Gasteiger partial charge in [0, 0.05) is 31.6 Å². The minimum Gasteiger partial charge on any atom is -0.497 e. The van der Waals surface area contributed by atoms with E-state index >= 15 is 0 Å². The molecule has 0 aliphatic carbocycles. The molecule has 1 aromatic rings. The lowest BCUT2D eigenvalue weighted by atomic mass is 10.0. The van der Waals surface area contributed by atoms with Crippen molar-refractivity contribution in [2.75, 3.05) is 33.3 Å². The molecular formula is C22H37IN4O3. The summed E-state index contributed by atoms with van der Waals surface area (Å²) < 4.78 is 11.1. The number of carbonyl (C=O) groups excluding carboxylic acids is 1. The highest BCUT2D eigenvalue weighted by Crippen LogP contribution is 2.18. The molecule has 1 amide bonds. The first-order valence-electron chi connectivity index (χ1n) is 10.6. The van der Waals surface area contributed by atoms with Gasteiger partial charge < -0.3 is 25.0 Å². The van der Waals surface area contributed by atoms with Crippen molar-refractivity contribution in [1.29, 1.82) is 0 Å². The van der Waals surface area contributed by atoms with E-state index in [1.54, 1.807) is 7.11 Å². The van der Waals surface area contributed by atoms with Crippen molar-refractivity contribution in [3.8, 4) is 11.5 Å². The molecule has 170 valence electrons. The summed E-state index contributed by atoms with van der Waals surface area (Å²) in [5.74, 6) is 2.71. The van der Waals surface area contributed by atoms with E-state index in [0.29, 0.717) is 12.6 Å². The lowest BCUT2D eigenvalue weighted by molar-refractivity contribution is -0.135. The Morgan fingerprint density at radius 2 is 1.77 bits per heavy atom. The molecule has 1 aliphatic rings. The van der Waals surface area contributed by atoms with Gasteiger partial charge >= 0.3 is 0 Å². The number of piperidine rings is 1. The van der Waals surface area contributed by atoms with Crippen LogP contribution < -0.4 is 20.1 Å². The van der Waals surface area contributed by atoms with E-state index in [1.807, 2.05) is 49.9 Å². The van der Waals surface area contributed by atoms with Gasteiger partial charge in [0.2, 0.25) is 5.91 Å². The summed E-state index contributed by atoms with van der Waals surface area (Å²) in [4.78, 5) is 18.8. The number of hydrogen-bond donors (Lipinski definition) is 2. The van der Waals surface area contributed by atoms with Crippen LogP contribution in [0.3, 0.4) is 0 Å². The summed E-state index contributed by atoms with van der Waals surface area (Å²) >= 11 is 0. The lowest BCUT2D eigenvalue weighted by Crippen LogP contribution is -2.50. The number of amides is 1. The minimum atomic E-state index is -0.0515. The first-order valence-corrected chi connectivity index (χ1v) is 10.6. The molecule has 1 heterocycles. The van der Waals surface area contributed by atoms with Crippen molar-refractivity contribution in [3.63, 3.8) is 0 Å². The van der Waals surface area contributed by atoms with Crippen molar-refractivity contribution in [2.45, 2.75) is 52.7 Å². The van der Waals surface area contributed by atoms with Gasteiger partial charge in [-0.05, 0) is 51.0 Å². The van der Waals surface area contributed by atoms with Crippen molar-refractivity contribution in [3.05, 3.63) is 24.3 Å². The molecule has 1 aliphatic heterocycles. The Labute approximate surface area is 198 Å². The van der Waals surface area contributed by atoms with Gasteiger partial charge in [-0.3, -0.25) is 4.79 Å². The van der Waals surface area contributed by atoms with E-state index in [9.17, 15) is 4.79 Å². The fourth-order valence-corrected chi connectivity index (χ4v) is 3.27. The number of hydrogen-bond acceptors (Lipinski definition) is 4. The maximum atomic E-state index is 12.1. The van der Waals surface area contributed by atoms with Crippen LogP contribution in [0, 0.1) is 5.92 Å². The van der Waals surface area contributed by atoms with Gasteiger partial charge in [0.1, 0.15) is 17.6 Å². The van der Waals surface area contributed by atoms with Gasteiger partial charge in [-0.15, -0.1) is 24.0 Å². The van der Waals surface area contributed by atoms with Crippen LogP contribution in [0.5, 0.6) is 11.5 Å². The van der Waals surface area contributed by atoms with E-state index in [-0.39, 0.29) is 41.9 Å². The average Bonchev–Trinajstić information content (AvgIpc) is 2.72. The first-order chi connectivity index (χ1) is 13.9. The lowest BCUT2D eigenvalue weighted by Gasteiger charge is -2.34. The zero-order valence-corrected chi connectivity index (χ0v) is 21.1. The molecule has 0 radical (unpaired) electrons. The SMILES string of the molecule is CCNC(=NCC(C)Oc1ccc(OC)cc1)NC1CCN(C(=O)C(C)C)CC1.I. The maximum absolute atomic E-state index is 12.1. The van der Waals surface area contributed by atoms with Gasteiger partial charge in [-0.25, -0.2) is 4.99 Å². The molecule has 0 saturated carbocycles. The van der Waals surface area contributed by atoms with E-state index in [0.717, 1.165) is 49.9 Å². The Bertz CT molecular complexity index is 659. The summed E-state index contributed by atoms with van der Waals surface area (Å²) in [6.07, 6.45) is 1.81. The van der Waals surface area contributed by atoms with E-state index in [2.05, 4.69) is 22.5 Å². The van der Waals surface area contributed by atoms with Crippen LogP contribution in [0.2, 0.25) is 0 Å². The third-order valence-corrected chi connectivity index (χ3v) is 4.89. The highest BCUT2D eigenvalue weighted by atomic mass is 127. The van der Waals surface area contributed by atoms with Crippen LogP contribution in [0.4, 0.5) is 0 Å². The summed E-state index contributed by atoms with van der Waals surface area (Å²) in [7, 11) is 1.65. The van der Waals surface area contributed by atoms with E-state index in [4.69, 9.17) is 9.47 Å². The molecular weight excluding hydrogens is 495 g/mol. The largest absolute Gasteiger partial charge is 0.497 e. The summed E-state index contributed by atoms with van der Waals surface area (Å²) in [6, 6.07) is 7.88. The predicted molar refractivity (Wildman–Crippen MR) is 132 cm³/mol. The predicted octanol–water partition coefficient (Wildman–Crippen LogP) is 3.28. The average molecular weight is 532 g/mol. The zero-order chi connectivity index (χ0) is 21.2. The topological polar surface area (TPSA) is 75.2 Å². The Hall–Kier alpha value is -1.71. The van der Waals surface area contributed by atoms with Crippen LogP contribution in [0.25, 0.3) is 0 Å². The number of methoxy groups -OCH3 is 1. The number of aliphatic imine (C=N–C) groups is 1. The smallest absolute Gasteiger partial charge is 0.225 e. The molecule has 8 heteroatoms. The number of nitrogens with one attached hydrogen (secondary N) is 2. The third-order valence-electron chi connectivity index (χ3n) is 4.89. The van der Waals surface area contributed by atoms with Crippen LogP contribution in [-0.4, -0.2) is 62.2 Å². The number of ether oxygens (including phenoxy) is 2. The highest BCUT2D eigenvalue weighted by Gasteiger charge is 2.24. The number of rotatable bonds is 8. The van der Waals surface area contributed by atoms with Gasteiger partial charge in [0.25, 0.3) is 0 Å².